The highest BCUT2D eigenvalue weighted by Gasteiger charge is 2.14. The number of aliphatic hydroxyl groups excluding tert-OH is 1. The van der Waals surface area contributed by atoms with Gasteiger partial charge in [-0.25, -0.2) is 0 Å². The normalized spacial score (nSPS) is 11.8. The van der Waals surface area contributed by atoms with E-state index in [1.54, 1.807) is 12.1 Å². The number of hydrogen-bond donors (Lipinski definition) is 5. The number of aromatic hydroxyl groups is 1. The van der Waals surface area contributed by atoms with Crippen molar-refractivity contribution in [1.29, 1.82) is 0 Å². The number of phenolic OH excluding ortho intramolecular Hbond substituents is 1. The lowest BCUT2D eigenvalue weighted by molar-refractivity contribution is 0.176. The molecule has 0 amide bonds. The Morgan fingerprint density at radius 3 is 2.45 bits per heavy atom. The van der Waals surface area contributed by atoms with Gasteiger partial charge in [-0.1, -0.05) is 48.5 Å². The van der Waals surface area contributed by atoms with Gasteiger partial charge in [0.15, 0.2) is 0 Å². The fourth-order valence-corrected chi connectivity index (χ4v) is 4.78. The third-order valence-corrected chi connectivity index (χ3v) is 6.80. The van der Waals surface area contributed by atoms with Crippen LogP contribution >= 0.6 is 0 Å². The molecule has 1 atom stereocenters. The summed E-state index contributed by atoms with van der Waals surface area (Å²) in [6, 6.07) is 30.9. The number of H-pyrrole nitrogens is 1. The SMILES string of the molecule is CCOc1ccc(Nc2ccc(CCNC[C@@H](O)c3ccc(O)c4[nH]c(=O)ccc34)cc2)cc1-c1ccccc1. The average molecular weight is 536 g/mol. The summed E-state index contributed by atoms with van der Waals surface area (Å²) in [6.45, 7) is 3.63. The summed E-state index contributed by atoms with van der Waals surface area (Å²) in [5, 5.41) is 28.2. The Bertz CT molecular complexity index is 1630. The number of pyridine rings is 1. The molecular formula is C33H33N3O4. The van der Waals surface area contributed by atoms with Crippen molar-refractivity contribution >= 4 is 22.3 Å². The van der Waals surface area contributed by atoms with E-state index >= 15 is 0 Å². The molecule has 0 saturated heterocycles. The number of rotatable bonds is 11. The molecule has 0 spiro atoms. The minimum absolute atomic E-state index is 0.0197. The minimum atomic E-state index is -0.782. The Morgan fingerprint density at radius 1 is 0.900 bits per heavy atom. The van der Waals surface area contributed by atoms with Crippen LogP contribution < -0.4 is 20.9 Å². The second-order valence-electron chi connectivity index (χ2n) is 9.59. The molecule has 0 aliphatic heterocycles. The first kappa shape index (κ1) is 27.0. The molecule has 0 aliphatic carbocycles. The second-order valence-corrected chi connectivity index (χ2v) is 9.59. The molecule has 0 radical (unpaired) electrons. The van der Waals surface area contributed by atoms with Gasteiger partial charge in [0.25, 0.3) is 0 Å². The summed E-state index contributed by atoms with van der Waals surface area (Å²) in [7, 11) is 0. The maximum atomic E-state index is 11.6. The molecule has 0 aliphatic rings. The van der Waals surface area contributed by atoms with Crippen molar-refractivity contribution in [2.24, 2.45) is 0 Å². The smallest absolute Gasteiger partial charge is 0.248 e. The number of fused-ring (bicyclic) bond motifs is 1. The van der Waals surface area contributed by atoms with Crippen LogP contribution in [0.1, 0.15) is 24.2 Å². The highest BCUT2D eigenvalue weighted by atomic mass is 16.5. The van der Waals surface area contributed by atoms with E-state index in [-0.39, 0.29) is 11.3 Å². The summed E-state index contributed by atoms with van der Waals surface area (Å²) in [4.78, 5) is 14.3. The Morgan fingerprint density at radius 2 is 1.68 bits per heavy atom. The fraction of sp³-hybridized carbons (Fsp3) is 0.182. The fourth-order valence-electron chi connectivity index (χ4n) is 4.78. The van der Waals surface area contributed by atoms with Crippen LogP contribution in [-0.2, 0) is 6.42 Å². The quantitative estimate of drug-likeness (QED) is 0.135. The van der Waals surface area contributed by atoms with Gasteiger partial charge in [0.1, 0.15) is 11.5 Å². The Labute approximate surface area is 233 Å². The molecule has 1 heterocycles. The van der Waals surface area contributed by atoms with E-state index in [2.05, 4.69) is 58.1 Å². The average Bonchev–Trinajstić information content (AvgIpc) is 2.98. The van der Waals surface area contributed by atoms with Gasteiger partial charge in [-0.3, -0.25) is 4.79 Å². The molecular weight excluding hydrogens is 502 g/mol. The molecule has 0 bridgehead atoms. The maximum absolute atomic E-state index is 11.6. The summed E-state index contributed by atoms with van der Waals surface area (Å²) in [5.74, 6) is 0.842. The maximum Gasteiger partial charge on any atom is 0.248 e. The highest BCUT2D eigenvalue weighted by molar-refractivity contribution is 5.87. The van der Waals surface area contributed by atoms with Gasteiger partial charge in [-0.2, -0.15) is 0 Å². The zero-order valence-electron chi connectivity index (χ0n) is 22.4. The molecule has 0 fully saturated rings. The van der Waals surface area contributed by atoms with Gasteiger partial charge in [0, 0.05) is 34.9 Å². The van der Waals surface area contributed by atoms with Crippen LogP contribution in [0.5, 0.6) is 11.5 Å². The van der Waals surface area contributed by atoms with E-state index in [9.17, 15) is 15.0 Å². The van der Waals surface area contributed by atoms with Crippen LogP contribution in [0, 0.1) is 0 Å². The number of hydrogen-bond acceptors (Lipinski definition) is 6. The van der Waals surface area contributed by atoms with E-state index < -0.39 is 6.10 Å². The van der Waals surface area contributed by atoms with Gasteiger partial charge in [0.05, 0.1) is 18.2 Å². The third-order valence-electron chi connectivity index (χ3n) is 6.80. The van der Waals surface area contributed by atoms with Crippen LogP contribution in [0.15, 0.2) is 102 Å². The van der Waals surface area contributed by atoms with Crippen molar-refractivity contribution in [2.45, 2.75) is 19.4 Å². The molecule has 5 aromatic rings. The van der Waals surface area contributed by atoms with Crippen LogP contribution in [-0.4, -0.2) is 34.9 Å². The van der Waals surface area contributed by atoms with E-state index in [4.69, 9.17) is 4.74 Å². The molecule has 0 saturated carbocycles. The predicted octanol–water partition coefficient (Wildman–Crippen LogP) is 5.91. The van der Waals surface area contributed by atoms with E-state index in [1.807, 2.05) is 37.3 Å². The predicted molar refractivity (Wildman–Crippen MR) is 161 cm³/mol. The second kappa shape index (κ2) is 12.5. The molecule has 7 nitrogen and oxygen atoms in total. The van der Waals surface area contributed by atoms with Crippen LogP contribution in [0.25, 0.3) is 22.0 Å². The number of phenols is 1. The summed E-state index contributed by atoms with van der Waals surface area (Å²) >= 11 is 0. The van der Waals surface area contributed by atoms with E-state index in [0.717, 1.165) is 34.7 Å². The number of aromatic nitrogens is 1. The van der Waals surface area contributed by atoms with Gasteiger partial charge < -0.3 is 30.6 Å². The molecule has 40 heavy (non-hydrogen) atoms. The first-order valence-electron chi connectivity index (χ1n) is 13.4. The van der Waals surface area contributed by atoms with Crippen molar-refractivity contribution in [3.63, 3.8) is 0 Å². The molecule has 204 valence electrons. The third kappa shape index (κ3) is 6.34. The van der Waals surface area contributed by atoms with Gasteiger partial charge in [-0.15, -0.1) is 0 Å². The summed E-state index contributed by atoms with van der Waals surface area (Å²) < 4.78 is 5.85. The number of benzene rings is 4. The van der Waals surface area contributed by atoms with E-state index in [1.165, 1.54) is 17.7 Å². The largest absolute Gasteiger partial charge is 0.506 e. The lowest BCUT2D eigenvalue weighted by atomic mass is 10.0. The van der Waals surface area contributed by atoms with Crippen LogP contribution in [0.4, 0.5) is 11.4 Å². The standard InChI is InChI=1S/C33H33N3O4/c1-2-40-31-16-12-25(20-28(31)23-6-4-3-5-7-23)35-24-10-8-22(9-11-24)18-19-34-21-30(38)26-13-15-29(37)33-27(26)14-17-32(39)36-33/h3-17,20,30,34-35,37-38H,2,18-19,21H2,1H3,(H,36,39)/t30-/m1/s1. The lowest BCUT2D eigenvalue weighted by Gasteiger charge is -2.15. The number of anilines is 2. The molecule has 4 aromatic carbocycles. The van der Waals surface area contributed by atoms with E-state index in [0.29, 0.717) is 36.2 Å². The number of aliphatic hydroxyl groups is 1. The zero-order chi connectivity index (χ0) is 27.9. The monoisotopic (exact) mass is 535 g/mol. The van der Waals surface area contributed by atoms with Crippen molar-refractivity contribution in [3.8, 4) is 22.6 Å². The summed E-state index contributed by atoms with van der Waals surface area (Å²) in [5.41, 5.74) is 5.99. The first-order valence-corrected chi connectivity index (χ1v) is 13.4. The number of aromatic amines is 1. The summed E-state index contributed by atoms with van der Waals surface area (Å²) in [6.07, 6.45) is 0.0215. The first-order chi connectivity index (χ1) is 19.5. The lowest BCUT2D eigenvalue weighted by Crippen LogP contribution is -2.24. The molecule has 5 rings (SSSR count). The molecule has 0 unspecified atom stereocenters. The Hall–Kier alpha value is -4.59. The van der Waals surface area contributed by atoms with Crippen molar-refractivity contribution in [3.05, 3.63) is 119 Å². The van der Waals surface area contributed by atoms with Gasteiger partial charge in [-0.05, 0) is 79.0 Å². The number of ether oxygens (including phenoxy) is 1. The van der Waals surface area contributed by atoms with Crippen molar-refractivity contribution in [2.75, 3.05) is 25.0 Å². The van der Waals surface area contributed by atoms with Crippen molar-refractivity contribution < 1.29 is 14.9 Å². The van der Waals surface area contributed by atoms with Crippen molar-refractivity contribution in [1.82, 2.24) is 10.3 Å². The molecule has 7 heteroatoms. The highest BCUT2D eigenvalue weighted by Crippen LogP contribution is 2.34. The topological polar surface area (TPSA) is 107 Å². The van der Waals surface area contributed by atoms with Crippen LogP contribution in [0.2, 0.25) is 0 Å². The zero-order valence-corrected chi connectivity index (χ0v) is 22.4. The Kier molecular flexibility index (Phi) is 8.44. The van der Waals surface area contributed by atoms with Gasteiger partial charge in [0.2, 0.25) is 5.56 Å². The molecule has 1 aromatic heterocycles. The number of nitrogens with one attached hydrogen (secondary N) is 3. The van der Waals surface area contributed by atoms with Crippen LogP contribution in [0.3, 0.4) is 0 Å². The molecule has 5 N–H and O–H groups in total. The Balaban J connectivity index is 1.17. The van der Waals surface area contributed by atoms with Gasteiger partial charge >= 0.3 is 0 Å². The minimum Gasteiger partial charge on any atom is -0.506 e.